The van der Waals surface area contributed by atoms with Crippen molar-refractivity contribution in [3.05, 3.63) is 0 Å². The Morgan fingerprint density at radius 3 is 2.47 bits per heavy atom. The third kappa shape index (κ3) is 5.36. The van der Waals surface area contributed by atoms with Crippen LogP contribution < -0.4 is 5.73 Å². The summed E-state index contributed by atoms with van der Waals surface area (Å²) in [4.78, 5) is 2.41. The highest BCUT2D eigenvalue weighted by molar-refractivity contribution is 4.83. The van der Waals surface area contributed by atoms with Gasteiger partial charge in [-0.25, -0.2) is 0 Å². The lowest BCUT2D eigenvalue weighted by Crippen LogP contribution is -2.47. The molecule has 0 spiro atoms. The van der Waals surface area contributed by atoms with E-state index in [-0.39, 0.29) is 6.61 Å². The maximum absolute atomic E-state index is 9.20. The first kappa shape index (κ1) is 14.9. The Balaban J connectivity index is 2.32. The number of nitrogens with two attached hydrogens (primary N) is 1. The van der Waals surface area contributed by atoms with Gasteiger partial charge in [-0.05, 0) is 46.1 Å². The van der Waals surface area contributed by atoms with Crippen LogP contribution in [0.1, 0.15) is 52.4 Å². The van der Waals surface area contributed by atoms with Gasteiger partial charge in [0.05, 0.1) is 6.61 Å². The maximum atomic E-state index is 9.20. The van der Waals surface area contributed by atoms with Gasteiger partial charge in [0.15, 0.2) is 0 Å². The molecular weight excluding hydrogens is 212 g/mol. The Labute approximate surface area is 106 Å². The minimum Gasteiger partial charge on any atom is -0.394 e. The molecule has 0 heterocycles. The smallest absolute Gasteiger partial charge is 0.0609 e. The van der Waals surface area contributed by atoms with Crippen molar-refractivity contribution in [2.45, 2.75) is 64.0 Å². The molecule has 2 unspecified atom stereocenters. The standard InChI is InChI=1S/C14H30N2O/c1-12(9-14(2,15)11-17)16(3)10-13-7-5-4-6-8-13/h12-13,17H,4-11,15H2,1-3H3. The highest BCUT2D eigenvalue weighted by Crippen LogP contribution is 2.25. The first-order valence-electron chi connectivity index (χ1n) is 7.04. The third-order valence-electron chi connectivity index (χ3n) is 4.15. The number of rotatable bonds is 6. The predicted octanol–water partition coefficient (Wildman–Crippen LogP) is 1.99. The molecule has 3 nitrogen and oxygen atoms in total. The summed E-state index contributed by atoms with van der Waals surface area (Å²) in [6.45, 7) is 5.39. The van der Waals surface area contributed by atoms with Crippen LogP contribution in [0.4, 0.5) is 0 Å². The minimum absolute atomic E-state index is 0.0641. The number of hydrogen-bond acceptors (Lipinski definition) is 3. The Hall–Kier alpha value is -0.120. The average molecular weight is 242 g/mol. The van der Waals surface area contributed by atoms with E-state index in [1.54, 1.807) is 0 Å². The second kappa shape index (κ2) is 6.72. The van der Waals surface area contributed by atoms with E-state index >= 15 is 0 Å². The molecule has 0 aliphatic heterocycles. The van der Waals surface area contributed by atoms with Crippen molar-refractivity contribution in [1.29, 1.82) is 0 Å². The predicted molar refractivity (Wildman–Crippen MR) is 73.0 cm³/mol. The van der Waals surface area contributed by atoms with Gasteiger partial charge < -0.3 is 15.7 Å². The van der Waals surface area contributed by atoms with Crippen molar-refractivity contribution >= 4 is 0 Å². The molecule has 0 saturated heterocycles. The molecule has 0 aromatic carbocycles. The first-order chi connectivity index (χ1) is 7.94. The fraction of sp³-hybridized carbons (Fsp3) is 1.00. The first-order valence-corrected chi connectivity index (χ1v) is 7.04. The highest BCUT2D eigenvalue weighted by Gasteiger charge is 2.24. The van der Waals surface area contributed by atoms with Gasteiger partial charge in [0.25, 0.3) is 0 Å². The van der Waals surface area contributed by atoms with Crippen LogP contribution in [-0.4, -0.2) is 41.8 Å². The number of nitrogens with zero attached hydrogens (tertiary/aromatic N) is 1. The summed E-state index contributed by atoms with van der Waals surface area (Å²) >= 11 is 0. The molecule has 1 aliphatic carbocycles. The molecule has 3 heteroatoms. The molecule has 0 radical (unpaired) electrons. The molecule has 1 saturated carbocycles. The van der Waals surface area contributed by atoms with E-state index < -0.39 is 5.54 Å². The second-order valence-corrected chi connectivity index (χ2v) is 6.31. The molecule has 3 N–H and O–H groups in total. The normalized spacial score (nSPS) is 23.6. The van der Waals surface area contributed by atoms with Crippen molar-refractivity contribution in [3.8, 4) is 0 Å². The largest absolute Gasteiger partial charge is 0.394 e. The van der Waals surface area contributed by atoms with E-state index in [0.29, 0.717) is 6.04 Å². The molecule has 0 aromatic heterocycles. The molecule has 17 heavy (non-hydrogen) atoms. The molecule has 1 aliphatic rings. The summed E-state index contributed by atoms with van der Waals surface area (Å²) in [5.41, 5.74) is 5.57. The third-order valence-corrected chi connectivity index (χ3v) is 4.15. The zero-order valence-electron chi connectivity index (χ0n) is 11.8. The van der Waals surface area contributed by atoms with Crippen molar-refractivity contribution < 1.29 is 5.11 Å². The summed E-state index contributed by atoms with van der Waals surface area (Å²) < 4.78 is 0. The van der Waals surface area contributed by atoms with E-state index in [9.17, 15) is 5.11 Å². The van der Waals surface area contributed by atoms with Gasteiger partial charge in [-0.1, -0.05) is 19.3 Å². The molecule has 102 valence electrons. The lowest BCUT2D eigenvalue weighted by molar-refractivity contribution is 0.135. The molecule has 1 fully saturated rings. The topological polar surface area (TPSA) is 49.5 Å². The van der Waals surface area contributed by atoms with Gasteiger partial charge in [-0.15, -0.1) is 0 Å². The van der Waals surface area contributed by atoms with Crippen LogP contribution in [0.15, 0.2) is 0 Å². The van der Waals surface area contributed by atoms with Crippen molar-refractivity contribution in [2.75, 3.05) is 20.2 Å². The summed E-state index contributed by atoms with van der Waals surface area (Å²) in [5, 5.41) is 9.20. The maximum Gasteiger partial charge on any atom is 0.0609 e. The lowest BCUT2D eigenvalue weighted by Gasteiger charge is -2.34. The Morgan fingerprint density at radius 1 is 1.35 bits per heavy atom. The Bertz CT molecular complexity index is 212. The lowest BCUT2D eigenvalue weighted by atomic mass is 9.88. The second-order valence-electron chi connectivity index (χ2n) is 6.31. The molecule has 0 amide bonds. The van der Waals surface area contributed by atoms with Gasteiger partial charge in [0.2, 0.25) is 0 Å². The minimum atomic E-state index is -0.444. The molecule has 0 bridgehead atoms. The van der Waals surface area contributed by atoms with Crippen molar-refractivity contribution in [1.82, 2.24) is 4.90 Å². The molecule has 1 rings (SSSR count). The van der Waals surface area contributed by atoms with Crippen molar-refractivity contribution in [3.63, 3.8) is 0 Å². The molecular formula is C14H30N2O. The Kier molecular flexibility index (Phi) is 5.90. The average Bonchev–Trinajstić information content (AvgIpc) is 2.30. The summed E-state index contributed by atoms with van der Waals surface area (Å²) in [5.74, 6) is 0.870. The van der Waals surface area contributed by atoms with Crippen LogP contribution in [-0.2, 0) is 0 Å². The fourth-order valence-electron chi connectivity index (χ4n) is 2.85. The van der Waals surface area contributed by atoms with E-state index in [1.807, 2.05) is 6.92 Å². The summed E-state index contributed by atoms with van der Waals surface area (Å²) in [6.07, 6.45) is 7.85. The van der Waals surface area contributed by atoms with Gasteiger partial charge >= 0.3 is 0 Å². The van der Waals surface area contributed by atoms with Crippen LogP contribution in [0.5, 0.6) is 0 Å². The van der Waals surface area contributed by atoms with Crippen molar-refractivity contribution in [2.24, 2.45) is 11.7 Å². The van der Waals surface area contributed by atoms with E-state index in [1.165, 1.54) is 38.6 Å². The number of aliphatic hydroxyl groups is 1. The molecule has 0 aromatic rings. The fourth-order valence-corrected chi connectivity index (χ4v) is 2.85. The van der Waals surface area contributed by atoms with E-state index in [0.717, 1.165) is 12.3 Å². The van der Waals surface area contributed by atoms with Gasteiger partial charge in [-0.2, -0.15) is 0 Å². The summed E-state index contributed by atoms with van der Waals surface area (Å²) in [7, 11) is 2.19. The van der Waals surface area contributed by atoms with Crippen LogP contribution in [0.3, 0.4) is 0 Å². The van der Waals surface area contributed by atoms with Crippen LogP contribution in [0.2, 0.25) is 0 Å². The summed E-state index contributed by atoms with van der Waals surface area (Å²) in [6, 6.07) is 0.444. The van der Waals surface area contributed by atoms with Gasteiger partial charge in [-0.3, -0.25) is 0 Å². The van der Waals surface area contributed by atoms with Crippen LogP contribution in [0, 0.1) is 5.92 Å². The zero-order chi connectivity index (χ0) is 12.9. The Morgan fingerprint density at radius 2 is 1.94 bits per heavy atom. The SMILES string of the molecule is CC(CC(C)(N)CO)N(C)CC1CCCCC1. The van der Waals surface area contributed by atoms with Gasteiger partial charge in [0.1, 0.15) is 0 Å². The van der Waals surface area contributed by atoms with E-state index in [2.05, 4.69) is 18.9 Å². The number of hydrogen-bond donors (Lipinski definition) is 2. The van der Waals surface area contributed by atoms with Crippen LogP contribution in [0.25, 0.3) is 0 Å². The zero-order valence-corrected chi connectivity index (χ0v) is 11.8. The van der Waals surface area contributed by atoms with E-state index in [4.69, 9.17) is 5.73 Å². The monoisotopic (exact) mass is 242 g/mol. The number of aliphatic hydroxyl groups excluding tert-OH is 1. The van der Waals surface area contributed by atoms with Crippen LogP contribution >= 0.6 is 0 Å². The highest BCUT2D eigenvalue weighted by atomic mass is 16.3. The quantitative estimate of drug-likeness (QED) is 0.749. The molecule has 2 atom stereocenters. The van der Waals surface area contributed by atoms with Gasteiger partial charge in [0, 0.05) is 18.1 Å².